The molecule has 0 aromatic carbocycles. The third-order valence-electron chi connectivity index (χ3n) is 9.28. The molecule has 1 aliphatic rings. The summed E-state index contributed by atoms with van der Waals surface area (Å²) < 4.78 is 53.9. The van der Waals surface area contributed by atoms with Gasteiger partial charge in [-0.1, -0.05) is 132 Å². The van der Waals surface area contributed by atoms with Gasteiger partial charge in [-0.2, -0.15) is 8.42 Å². The number of allylic oxidation sites excluding steroid dienone is 12. The van der Waals surface area contributed by atoms with Crippen LogP contribution in [0.25, 0.3) is 0 Å². The summed E-state index contributed by atoms with van der Waals surface area (Å²) in [7, 11) is -4.61. The van der Waals surface area contributed by atoms with Crippen LogP contribution in [-0.4, -0.2) is 96.0 Å². The summed E-state index contributed by atoms with van der Waals surface area (Å²) in [6.07, 6.45) is 34.0. The van der Waals surface area contributed by atoms with Gasteiger partial charge in [-0.3, -0.25) is 14.1 Å². The normalized spacial score (nSPS) is 21.1. The van der Waals surface area contributed by atoms with Crippen molar-refractivity contribution in [2.24, 2.45) is 0 Å². The molecule has 6 unspecified atom stereocenters. The number of ether oxygens (including phenoxy) is 4. The Hall–Kier alpha value is -2.91. The van der Waals surface area contributed by atoms with Crippen LogP contribution in [0.2, 0.25) is 0 Å². The first-order chi connectivity index (χ1) is 28.0. The summed E-state index contributed by atoms with van der Waals surface area (Å²) in [6, 6.07) is 0. The Bertz CT molecular complexity index is 1350. The molecule has 1 aliphatic heterocycles. The highest BCUT2D eigenvalue weighted by molar-refractivity contribution is 7.85. The molecule has 13 heteroatoms. The molecule has 1 rings (SSSR count). The van der Waals surface area contributed by atoms with Crippen molar-refractivity contribution in [1.82, 2.24) is 0 Å². The smallest absolute Gasteiger partial charge is 0.306 e. The Morgan fingerprint density at radius 3 is 1.69 bits per heavy atom. The molecule has 4 N–H and O–H groups in total. The van der Waals surface area contributed by atoms with E-state index >= 15 is 0 Å². The van der Waals surface area contributed by atoms with Gasteiger partial charge in [-0.25, -0.2) is 0 Å². The van der Waals surface area contributed by atoms with E-state index in [9.17, 15) is 37.9 Å². The minimum absolute atomic E-state index is 0.0378. The van der Waals surface area contributed by atoms with Crippen molar-refractivity contribution in [3.8, 4) is 0 Å². The molecule has 0 aliphatic carbocycles. The molecule has 0 radical (unpaired) electrons. The van der Waals surface area contributed by atoms with Gasteiger partial charge in [0.25, 0.3) is 10.1 Å². The van der Waals surface area contributed by atoms with Crippen molar-refractivity contribution in [3.63, 3.8) is 0 Å². The van der Waals surface area contributed by atoms with E-state index in [1.165, 1.54) is 38.5 Å². The summed E-state index contributed by atoms with van der Waals surface area (Å²) in [6.45, 7) is 3.53. The summed E-state index contributed by atoms with van der Waals surface area (Å²) in [5.74, 6) is -2.11. The molecular weight excluding hydrogens is 765 g/mol. The minimum atomic E-state index is -4.61. The molecular formula is C45H74O12S. The molecule has 12 nitrogen and oxygen atoms in total. The Balaban J connectivity index is 2.51. The van der Waals surface area contributed by atoms with Crippen LogP contribution in [0.3, 0.4) is 0 Å². The van der Waals surface area contributed by atoms with Crippen LogP contribution in [0.4, 0.5) is 0 Å². The summed E-state index contributed by atoms with van der Waals surface area (Å²) in [5.41, 5.74) is 0. The molecule has 332 valence electrons. The number of carbonyl (C=O) groups is 2. The van der Waals surface area contributed by atoms with E-state index in [2.05, 4.69) is 68.5 Å². The van der Waals surface area contributed by atoms with E-state index < -0.39 is 71.2 Å². The number of aliphatic hydroxyl groups is 3. The van der Waals surface area contributed by atoms with Crippen molar-refractivity contribution in [3.05, 3.63) is 72.9 Å². The number of carbonyl (C=O) groups excluding carboxylic acids is 2. The lowest BCUT2D eigenvalue weighted by Gasteiger charge is -2.40. The molecule has 0 saturated carbocycles. The monoisotopic (exact) mass is 838 g/mol. The van der Waals surface area contributed by atoms with Gasteiger partial charge in [-0.15, -0.1) is 0 Å². The quantitative estimate of drug-likeness (QED) is 0.0210. The second-order valence-electron chi connectivity index (χ2n) is 14.6. The summed E-state index contributed by atoms with van der Waals surface area (Å²) in [5, 5.41) is 30.8. The predicted molar refractivity (Wildman–Crippen MR) is 228 cm³/mol. The first-order valence-corrected chi connectivity index (χ1v) is 23.1. The number of esters is 2. The molecule has 0 spiro atoms. The van der Waals surface area contributed by atoms with Crippen molar-refractivity contribution >= 4 is 22.1 Å². The first kappa shape index (κ1) is 53.1. The second kappa shape index (κ2) is 34.9. The minimum Gasteiger partial charge on any atom is -0.462 e. The van der Waals surface area contributed by atoms with E-state index in [1.54, 1.807) is 0 Å². The average Bonchev–Trinajstić information content (AvgIpc) is 3.18. The van der Waals surface area contributed by atoms with Crippen molar-refractivity contribution < 1.29 is 56.8 Å². The highest BCUT2D eigenvalue weighted by Gasteiger charge is 2.46. The number of rotatable bonds is 34. The van der Waals surface area contributed by atoms with Gasteiger partial charge in [0.1, 0.15) is 36.8 Å². The van der Waals surface area contributed by atoms with Crippen molar-refractivity contribution in [2.75, 3.05) is 19.0 Å². The van der Waals surface area contributed by atoms with Crippen LogP contribution < -0.4 is 0 Å². The highest BCUT2D eigenvalue weighted by Crippen LogP contribution is 2.24. The van der Waals surface area contributed by atoms with Crippen LogP contribution in [0, 0.1) is 0 Å². The lowest BCUT2D eigenvalue weighted by molar-refractivity contribution is -0.297. The molecule has 0 bridgehead atoms. The van der Waals surface area contributed by atoms with E-state index in [0.717, 1.165) is 57.8 Å². The maximum Gasteiger partial charge on any atom is 0.306 e. The molecule has 1 saturated heterocycles. The highest BCUT2D eigenvalue weighted by atomic mass is 32.2. The number of hydrogen-bond donors (Lipinski definition) is 4. The van der Waals surface area contributed by atoms with Gasteiger partial charge in [0.05, 0.1) is 6.61 Å². The van der Waals surface area contributed by atoms with Gasteiger partial charge in [0, 0.05) is 12.8 Å². The van der Waals surface area contributed by atoms with E-state index in [-0.39, 0.29) is 19.4 Å². The number of unbranched alkanes of at least 4 members (excludes halogenated alkanes) is 10. The fourth-order valence-corrected chi connectivity index (χ4v) is 6.64. The van der Waals surface area contributed by atoms with Crippen LogP contribution in [0.15, 0.2) is 72.9 Å². The van der Waals surface area contributed by atoms with Gasteiger partial charge in [0.2, 0.25) is 0 Å². The largest absolute Gasteiger partial charge is 0.462 e. The molecule has 0 aromatic heterocycles. The maximum atomic E-state index is 12.7. The zero-order valence-corrected chi connectivity index (χ0v) is 35.9. The zero-order chi connectivity index (χ0) is 42.7. The fraction of sp³-hybridized carbons (Fsp3) is 0.689. The third kappa shape index (κ3) is 29.3. The molecule has 0 amide bonds. The second-order valence-corrected chi connectivity index (χ2v) is 16.1. The Morgan fingerprint density at radius 2 is 1.12 bits per heavy atom. The first-order valence-electron chi connectivity index (χ1n) is 21.5. The third-order valence-corrected chi connectivity index (χ3v) is 10.0. The predicted octanol–water partition coefficient (Wildman–Crippen LogP) is 8.33. The van der Waals surface area contributed by atoms with Crippen LogP contribution in [0.1, 0.15) is 142 Å². The lowest BCUT2D eigenvalue weighted by Crippen LogP contribution is -2.60. The number of aliphatic hydroxyl groups excluding tert-OH is 3. The topological polar surface area (TPSA) is 186 Å². The SMILES string of the molecule is CC/C=C\C/C=C\C/C=C\C/C=C\CCC(=O)OC(COC(=O)CCCCCCCCC/C=C\C/C=C\CCCCC)COC1OC(CS(=O)(=O)O)C(O)C(O)C1O. The Morgan fingerprint density at radius 1 is 0.603 bits per heavy atom. The van der Waals surface area contributed by atoms with Crippen molar-refractivity contribution in [2.45, 2.75) is 179 Å². The van der Waals surface area contributed by atoms with E-state index in [4.69, 9.17) is 18.9 Å². The van der Waals surface area contributed by atoms with Crippen LogP contribution in [0.5, 0.6) is 0 Å². The van der Waals surface area contributed by atoms with Crippen LogP contribution >= 0.6 is 0 Å². The molecule has 58 heavy (non-hydrogen) atoms. The maximum absolute atomic E-state index is 12.7. The molecule has 1 fully saturated rings. The van der Waals surface area contributed by atoms with Gasteiger partial charge in [-0.05, 0) is 70.6 Å². The van der Waals surface area contributed by atoms with E-state index in [1.807, 2.05) is 18.2 Å². The standard InChI is InChI=1S/C45H74O12S/c1-3-5-7-9-11-13-15-17-18-19-20-22-23-25-27-29-31-33-40(46)54-35-38(36-55-45-44(50)43(49)42(48)39(57-45)37-58(51,52)53)56-41(47)34-32-30-28-26-24-21-16-14-12-10-8-6-4-2/h6,8,11-14,17-18,21,24,28,30,38-39,42-45,48-50H,3-5,7,9-10,15-16,19-20,22-23,25-27,29,31-37H2,1-2H3,(H,51,52,53)/b8-6-,13-11-,14-12-,18-17-,24-21-,30-28-. The van der Waals surface area contributed by atoms with Crippen LogP contribution in [-0.2, 0) is 38.7 Å². The molecule has 1 heterocycles. The molecule has 0 aromatic rings. The Kier molecular flexibility index (Phi) is 32.0. The lowest BCUT2D eigenvalue weighted by atomic mass is 10.00. The molecule has 6 atom stereocenters. The van der Waals surface area contributed by atoms with Gasteiger partial charge < -0.3 is 34.3 Å². The van der Waals surface area contributed by atoms with Crippen molar-refractivity contribution in [1.29, 1.82) is 0 Å². The fourth-order valence-electron chi connectivity index (χ4n) is 5.95. The van der Waals surface area contributed by atoms with Gasteiger partial charge >= 0.3 is 11.9 Å². The van der Waals surface area contributed by atoms with Gasteiger partial charge in [0.15, 0.2) is 12.4 Å². The van der Waals surface area contributed by atoms with E-state index in [0.29, 0.717) is 19.3 Å². The Labute approximate surface area is 348 Å². The number of hydrogen-bond acceptors (Lipinski definition) is 11. The summed E-state index contributed by atoms with van der Waals surface area (Å²) in [4.78, 5) is 25.3. The summed E-state index contributed by atoms with van der Waals surface area (Å²) >= 11 is 0. The average molecular weight is 839 g/mol. The zero-order valence-electron chi connectivity index (χ0n) is 35.1.